The summed E-state index contributed by atoms with van der Waals surface area (Å²) in [4.78, 5) is 21.7. The molecule has 0 saturated heterocycles. The number of benzene rings is 1. The molecule has 98 valence electrons. The van der Waals surface area contributed by atoms with E-state index in [0.717, 1.165) is 12.0 Å². The Kier molecular flexibility index (Phi) is 3.80. The highest BCUT2D eigenvalue weighted by Gasteiger charge is 2.13. The lowest BCUT2D eigenvalue weighted by Gasteiger charge is -2.11. The number of hydrogen-bond donors (Lipinski definition) is 2. The first-order valence-corrected chi connectivity index (χ1v) is 6.03. The van der Waals surface area contributed by atoms with Crippen LogP contribution in [0.15, 0.2) is 48.1 Å². The van der Waals surface area contributed by atoms with E-state index < -0.39 is 11.9 Å². The number of aromatic carboxylic acids is 1. The maximum atomic E-state index is 10.9. The van der Waals surface area contributed by atoms with Gasteiger partial charge in [0.1, 0.15) is 0 Å². The Bertz CT molecular complexity index is 552. The zero-order valence-electron chi connectivity index (χ0n) is 10.2. The van der Waals surface area contributed by atoms with Crippen molar-refractivity contribution in [3.05, 3.63) is 59.2 Å². The minimum Gasteiger partial charge on any atom is -0.478 e. The second kappa shape index (κ2) is 5.52. The summed E-state index contributed by atoms with van der Waals surface area (Å²) in [6.45, 7) is 0. The zero-order chi connectivity index (χ0) is 13.8. The molecule has 0 spiro atoms. The zero-order valence-corrected chi connectivity index (χ0v) is 10.2. The van der Waals surface area contributed by atoms with Crippen molar-refractivity contribution < 1.29 is 19.8 Å². The van der Waals surface area contributed by atoms with Gasteiger partial charge in [-0.05, 0) is 30.5 Å². The molecule has 1 aromatic rings. The highest BCUT2D eigenvalue weighted by Crippen LogP contribution is 2.26. The molecule has 0 radical (unpaired) electrons. The predicted molar refractivity (Wildman–Crippen MR) is 70.2 cm³/mol. The van der Waals surface area contributed by atoms with Gasteiger partial charge in [0.2, 0.25) is 0 Å². The van der Waals surface area contributed by atoms with Gasteiger partial charge in [-0.25, -0.2) is 9.59 Å². The van der Waals surface area contributed by atoms with Crippen molar-refractivity contribution in [3.8, 4) is 0 Å². The molecule has 19 heavy (non-hydrogen) atoms. The Morgan fingerprint density at radius 2 is 1.74 bits per heavy atom. The smallest absolute Gasteiger partial charge is 0.335 e. The summed E-state index contributed by atoms with van der Waals surface area (Å²) < 4.78 is 0. The van der Waals surface area contributed by atoms with E-state index in [2.05, 4.69) is 0 Å². The molecule has 0 heterocycles. The molecule has 2 rings (SSSR count). The summed E-state index contributed by atoms with van der Waals surface area (Å²) in [6.07, 6.45) is 6.71. The first-order chi connectivity index (χ1) is 9.08. The van der Waals surface area contributed by atoms with Crippen molar-refractivity contribution in [1.29, 1.82) is 0 Å². The number of carboxylic acids is 2. The molecule has 0 amide bonds. The van der Waals surface area contributed by atoms with E-state index in [9.17, 15) is 9.59 Å². The molecule has 0 fully saturated rings. The molecule has 0 aromatic heterocycles. The summed E-state index contributed by atoms with van der Waals surface area (Å²) in [5.41, 5.74) is 1.57. The van der Waals surface area contributed by atoms with Crippen molar-refractivity contribution in [1.82, 2.24) is 0 Å². The van der Waals surface area contributed by atoms with Crippen LogP contribution in [0.4, 0.5) is 0 Å². The van der Waals surface area contributed by atoms with Crippen molar-refractivity contribution in [2.24, 2.45) is 0 Å². The van der Waals surface area contributed by atoms with E-state index >= 15 is 0 Å². The first-order valence-electron chi connectivity index (χ1n) is 6.03. The number of allylic oxidation sites excluding steroid dienone is 2. The SMILES string of the molecule is O=C(O)C1=CCCC(c2ccc(C(=O)O)cc2)C=C1. The van der Waals surface area contributed by atoms with Crippen LogP contribution >= 0.6 is 0 Å². The van der Waals surface area contributed by atoms with Crippen LogP contribution < -0.4 is 0 Å². The van der Waals surface area contributed by atoms with Gasteiger partial charge in [0.15, 0.2) is 0 Å². The van der Waals surface area contributed by atoms with Crippen LogP contribution in [0.2, 0.25) is 0 Å². The van der Waals surface area contributed by atoms with Crippen LogP contribution in [0.5, 0.6) is 0 Å². The average molecular weight is 258 g/mol. The Labute approximate surface area is 110 Å². The molecule has 4 nitrogen and oxygen atoms in total. The lowest BCUT2D eigenvalue weighted by molar-refractivity contribution is -0.132. The topological polar surface area (TPSA) is 74.6 Å². The van der Waals surface area contributed by atoms with E-state index in [1.165, 1.54) is 0 Å². The molecule has 4 heteroatoms. The van der Waals surface area contributed by atoms with Crippen LogP contribution in [0.1, 0.15) is 34.7 Å². The normalized spacial score (nSPS) is 18.5. The third-order valence-corrected chi connectivity index (χ3v) is 3.18. The van der Waals surface area contributed by atoms with Crippen LogP contribution in [0.3, 0.4) is 0 Å². The fraction of sp³-hybridized carbons (Fsp3) is 0.200. The van der Waals surface area contributed by atoms with Crippen molar-refractivity contribution in [2.75, 3.05) is 0 Å². The Hall–Kier alpha value is -2.36. The summed E-state index contributed by atoms with van der Waals surface area (Å²) in [7, 11) is 0. The van der Waals surface area contributed by atoms with Crippen molar-refractivity contribution in [2.45, 2.75) is 18.8 Å². The van der Waals surface area contributed by atoms with E-state index in [1.54, 1.807) is 36.4 Å². The second-order valence-electron chi connectivity index (χ2n) is 4.43. The lowest BCUT2D eigenvalue weighted by Crippen LogP contribution is -1.98. The number of aliphatic carboxylic acids is 1. The summed E-state index contributed by atoms with van der Waals surface area (Å²) in [5, 5.41) is 17.8. The molecule has 1 aromatic carbocycles. The van der Waals surface area contributed by atoms with Gasteiger partial charge in [-0.15, -0.1) is 0 Å². The van der Waals surface area contributed by atoms with Gasteiger partial charge in [-0.3, -0.25) is 0 Å². The second-order valence-corrected chi connectivity index (χ2v) is 4.43. The number of carbonyl (C=O) groups is 2. The average Bonchev–Trinajstić information content (AvgIpc) is 2.64. The molecule has 0 saturated carbocycles. The van der Waals surface area contributed by atoms with Gasteiger partial charge in [-0.2, -0.15) is 0 Å². The van der Waals surface area contributed by atoms with Gasteiger partial charge >= 0.3 is 11.9 Å². The minimum atomic E-state index is -0.946. The van der Waals surface area contributed by atoms with Crippen molar-refractivity contribution >= 4 is 11.9 Å². The van der Waals surface area contributed by atoms with Crippen LogP contribution in [0, 0.1) is 0 Å². The fourth-order valence-electron chi connectivity index (χ4n) is 2.11. The Balaban J connectivity index is 2.17. The van der Waals surface area contributed by atoms with Gasteiger partial charge in [0.25, 0.3) is 0 Å². The highest BCUT2D eigenvalue weighted by molar-refractivity contribution is 5.90. The fourth-order valence-corrected chi connectivity index (χ4v) is 2.11. The van der Waals surface area contributed by atoms with E-state index in [0.29, 0.717) is 12.0 Å². The Morgan fingerprint density at radius 3 is 2.32 bits per heavy atom. The number of hydrogen-bond acceptors (Lipinski definition) is 2. The van der Waals surface area contributed by atoms with Crippen molar-refractivity contribution in [3.63, 3.8) is 0 Å². The summed E-state index contributed by atoms with van der Waals surface area (Å²) in [5.74, 6) is -1.74. The molecular weight excluding hydrogens is 244 g/mol. The maximum Gasteiger partial charge on any atom is 0.335 e. The Morgan fingerprint density at radius 1 is 1.05 bits per heavy atom. The molecule has 1 aliphatic rings. The largest absolute Gasteiger partial charge is 0.478 e. The molecule has 1 atom stereocenters. The van der Waals surface area contributed by atoms with Crippen LogP contribution in [-0.4, -0.2) is 22.2 Å². The van der Waals surface area contributed by atoms with Crippen LogP contribution in [0.25, 0.3) is 0 Å². The molecule has 0 aliphatic heterocycles. The van der Waals surface area contributed by atoms with Gasteiger partial charge in [0.05, 0.1) is 11.1 Å². The molecule has 0 bridgehead atoms. The molecule has 1 aliphatic carbocycles. The first kappa shape index (κ1) is 13.1. The van der Waals surface area contributed by atoms with Gasteiger partial charge in [-0.1, -0.05) is 30.4 Å². The number of rotatable bonds is 3. The third-order valence-electron chi connectivity index (χ3n) is 3.18. The minimum absolute atomic E-state index is 0.121. The van der Waals surface area contributed by atoms with E-state index in [1.807, 2.05) is 6.08 Å². The number of carboxylic acid groups (broad SMARTS) is 2. The molecular formula is C15H14O4. The quantitative estimate of drug-likeness (QED) is 0.874. The monoisotopic (exact) mass is 258 g/mol. The maximum absolute atomic E-state index is 10.9. The predicted octanol–water partition coefficient (Wildman–Crippen LogP) is 2.83. The lowest BCUT2D eigenvalue weighted by atomic mass is 9.94. The van der Waals surface area contributed by atoms with E-state index in [4.69, 9.17) is 10.2 Å². The van der Waals surface area contributed by atoms with E-state index in [-0.39, 0.29) is 11.5 Å². The molecule has 2 N–H and O–H groups in total. The highest BCUT2D eigenvalue weighted by atomic mass is 16.4. The third kappa shape index (κ3) is 3.10. The van der Waals surface area contributed by atoms with Crippen LogP contribution in [-0.2, 0) is 4.79 Å². The molecule has 1 unspecified atom stereocenters. The van der Waals surface area contributed by atoms with Gasteiger partial charge in [0, 0.05) is 5.92 Å². The standard InChI is InChI=1S/C15H14O4/c16-14(17)12-3-1-2-10(4-7-12)11-5-8-13(9-6-11)15(18)19/h3-10H,1-2H2,(H,16,17)(H,18,19). The summed E-state index contributed by atoms with van der Waals surface area (Å²) >= 11 is 0. The summed E-state index contributed by atoms with van der Waals surface area (Å²) in [6, 6.07) is 6.71. The van der Waals surface area contributed by atoms with Gasteiger partial charge < -0.3 is 10.2 Å².